The van der Waals surface area contributed by atoms with Gasteiger partial charge in [-0.15, -0.1) is 11.6 Å². The average molecular weight is 251 g/mol. The molecule has 0 aromatic heterocycles. The zero-order valence-electron chi connectivity index (χ0n) is 10.7. The molecule has 2 heteroatoms. The monoisotopic (exact) mass is 250 g/mol. The van der Waals surface area contributed by atoms with Crippen LogP contribution in [0, 0.1) is 18.8 Å². The van der Waals surface area contributed by atoms with Crippen LogP contribution < -0.4 is 4.74 Å². The minimum absolute atomic E-state index is 0.252. The highest BCUT2D eigenvalue weighted by molar-refractivity contribution is 6.18. The van der Waals surface area contributed by atoms with Crippen molar-refractivity contribution in [2.24, 2.45) is 0 Å². The second kappa shape index (κ2) is 7.25. The van der Waals surface area contributed by atoms with E-state index >= 15 is 0 Å². The Morgan fingerprint density at radius 1 is 1.41 bits per heavy atom. The Labute approximate surface area is 109 Å². The summed E-state index contributed by atoms with van der Waals surface area (Å²) in [5, 5.41) is 0. The minimum Gasteiger partial charge on any atom is -0.491 e. The molecule has 1 atom stereocenters. The van der Waals surface area contributed by atoms with Crippen LogP contribution in [0.15, 0.2) is 18.2 Å². The van der Waals surface area contributed by atoms with Crippen LogP contribution in [0.25, 0.3) is 0 Å². The molecule has 0 saturated carbocycles. The molecule has 0 spiro atoms. The molecule has 1 unspecified atom stereocenters. The Kier molecular flexibility index (Phi) is 5.94. The quantitative estimate of drug-likeness (QED) is 0.576. The molecule has 1 aromatic rings. The first-order valence-corrected chi connectivity index (χ1v) is 6.53. The SMILES string of the molecule is CCC(C)Oc1ccc(C#CCCCl)c(C)c1. The standard InChI is InChI=1S/C15H19ClO/c1-4-13(3)17-15-9-8-14(12(2)11-15)7-5-6-10-16/h8-9,11,13H,4,6,10H2,1-3H3. The Morgan fingerprint density at radius 3 is 2.76 bits per heavy atom. The van der Waals surface area contributed by atoms with Crippen LogP contribution in [0.2, 0.25) is 0 Å². The number of benzene rings is 1. The molecule has 0 fully saturated rings. The number of halogens is 1. The van der Waals surface area contributed by atoms with E-state index in [0.29, 0.717) is 5.88 Å². The molecule has 17 heavy (non-hydrogen) atoms. The first-order chi connectivity index (χ1) is 8.17. The highest BCUT2D eigenvalue weighted by Gasteiger charge is 2.02. The van der Waals surface area contributed by atoms with Crippen LogP contribution >= 0.6 is 11.6 Å². The van der Waals surface area contributed by atoms with Gasteiger partial charge in [-0.1, -0.05) is 18.8 Å². The Balaban J connectivity index is 2.76. The number of hydrogen-bond acceptors (Lipinski definition) is 1. The van der Waals surface area contributed by atoms with Crippen molar-refractivity contribution in [2.45, 2.75) is 39.7 Å². The lowest BCUT2D eigenvalue weighted by Crippen LogP contribution is -2.09. The van der Waals surface area contributed by atoms with Crippen LogP contribution in [0.1, 0.15) is 37.8 Å². The van der Waals surface area contributed by atoms with Crippen molar-refractivity contribution in [1.29, 1.82) is 0 Å². The van der Waals surface area contributed by atoms with Crippen LogP contribution in [-0.2, 0) is 0 Å². The first-order valence-electron chi connectivity index (χ1n) is 5.99. The largest absolute Gasteiger partial charge is 0.491 e. The fourth-order valence-electron chi connectivity index (χ4n) is 1.37. The van der Waals surface area contributed by atoms with E-state index in [9.17, 15) is 0 Å². The third-order valence-electron chi connectivity index (χ3n) is 2.55. The number of aryl methyl sites for hydroxylation is 1. The molecule has 0 bridgehead atoms. The van der Waals surface area contributed by atoms with E-state index in [1.807, 2.05) is 25.1 Å². The molecule has 0 aliphatic rings. The number of ether oxygens (including phenoxy) is 1. The molecular formula is C15H19ClO. The Morgan fingerprint density at radius 2 is 2.18 bits per heavy atom. The molecule has 0 aliphatic heterocycles. The smallest absolute Gasteiger partial charge is 0.120 e. The summed E-state index contributed by atoms with van der Waals surface area (Å²) in [6.07, 6.45) is 1.99. The van der Waals surface area contributed by atoms with Gasteiger partial charge in [0.25, 0.3) is 0 Å². The fourth-order valence-corrected chi connectivity index (χ4v) is 1.46. The number of rotatable bonds is 4. The maximum atomic E-state index is 5.76. The first kappa shape index (κ1) is 13.9. The van der Waals surface area contributed by atoms with Crippen LogP contribution in [0.4, 0.5) is 0 Å². The van der Waals surface area contributed by atoms with E-state index in [4.69, 9.17) is 16.3 Å². The van der Waals surface area contributed by atoms with Gasteiger partial charge in [0.05, 0.1) is 6.10 Å². The molecule has 1 aromatic carbocycles. The third kappa shape index (κ3) is 4.71. The maximum absolute atomic E-state index is 5.76. The van der Waals surface area contributed by atoms with Gasteiger partial charge < -0.3 is 4.74 Å². The second-order valence-electron chi connectivity index (χ2n) is 4.05. The number of hydrogen-bond donors (Lipinski definition) is 0. The lowest BCUT2D eigenvalue weighted by Gasteiger charge is -2.13. The normalized spacial score (nSPS) is 11.5. The molecule has 1 rings (SSSR count). The predicted octanol–water partition coefficient (Wildman–Crippen LogP) is 4.15. The Hall–Kier alpha value is -1.13. The lowest BCUT2D eigenvalue weighted by molar-refractivity contribution is 0.217. The molecule has 0 heterocycles. The highest BCUT2D eigenvalue weighted by atomic mass is 35.5. The summed E-state index contributed by atoms with van der Waals surface area (Å²) in [6.45, 7) is 6.24. The third-order valence-corrected chi connectivity index (χ3v) is 2.74. The average Bonchev–Trinajstić information content (AvgIpc) is 2.32. The van der Waals surface area contributed by atoms with Gasteiger partial charge in [0.2, 0.25) is 0 Å². The van der Waals surface area contributed by atoms with E-state index in [-0.39, 0.29) is 6.10 Å². The lowest BCUT2D eigenvalue weighted by atomic mass is 10.1. The van der Waals surface area contributed by atoms with Crippen molar-refractivity contribution in [3.63, 3.8) is 0 Å². The summed E-state index contributed by atoms with van der Waals surface area (Å²) in [5.74, 6) is 7.66. The van der Waals surface area contributed by atoms with Crippen molar-refractivity contribution in [2.75, 3.05) is 5.88 Å². The van der Waals surface area contributed by atoms with Gasteiger partial charge in [-0.25, -0.2) is 0 Å². The summed E-state index contributed by atoms with van der Waals surface area (Å²) in [5.41, 5.74) is 2.19. The summed E-state index contributed by atoms with van der Waals surface area (Å²) in [4.78, 5) is 0. The van der Waals surface area contributed by atoms with Gasteiger partial charge in [0.15, 0.2) is 0 Å². The molecule has 0 amide bonds. The van der Waals surface area contributed by atoms with Crippen molar-refractivity contribution >= 4 is 11.6 Å². The summed E-state index contributed by atoms with van der Waals surface area (Å²) < 4.78 is 5.76. The number of alkyl halides is 1. The van der Waals surface area contributed by atoms with Gasteiger partial charge in [-0.05, 0) is 44.0 Å². The topological polar surface area (TPSA) is 9.23 Å². The summed E-state index contributed by atoms with van der Waals surface area (Å²) >= 11 is 5.58. The van der Waals surface area contributed by atoms with Gasteiger partial charge in [-0.2, -0.15) is 0 Å². The van der Waals surface area contributed by atoms with E-state index in [0.717, 1.165) is 29.7 Å². The van der Waals surface area contributed by atoms with Crippen molar-refractivity contribution in [1.82, 2.24) is 0 Å². The molecule has 0 aliphatic carbocycles. The molecule has 0 radical (unpaired) electrons. The van der Waals surface area contributed by atoms with Crippen LogP contribution in [0.5, 0.6) is 5.75 Å². The Bertz CT molecular complexity index is 415. The second-order valence-corrected chi connectivity index (χ2v) is 4.43. The van der Waals surface area contributed by atoms with E-state index in [1.54, 1.807) is 0 Å². The van der Waals surface area contributed by atoms with Crippen molar-refractivity contribution < 1.29 is 4.74 Å². The minimum atomic E-state index is 0.252. The van der Waals surface area contributed by atoms with E-state index in [2.05, 4.69) is 25.7 Å². The maximum Gasteiger partial charge on any atom is 0.120 e. The fraction of sp³-hybridized carbons (Fsp3) is 0.467. The summed E-state index contributed by atoms with van der Waals surface area (Å²) in [6, 6.07) is 6.02. The van der Waals surface area contributed by atoms with Gasteiger partial charge in [0, 0.05) is 17.9 Å². The highest BCUT2D eigenvalue weighted by Crippen LogP contribution is 2.18. The predicted molar refractivity (Wildman–Crippen MR) is 73.8 cm³/mol. The van der Waals surface area contributed by atoms with Gasteiger partial charge >= 0.3 is 0 Å². The van der Waals surface area contributed by atoms with E-state index < -0.39 is 0 Å². The van der Waals surface area contributed by atoms with Gasteiger partial charge in [0.1, 0.15) is 5.75 Å². The van der Waals surface area contributed by atoms with Gasteiger partial charge in [-0.3, -0.25) is 0 Å². The van der Waals surface area contributed by atoms with Crippen LogP contribution in [0.3, 0.4) is 0 Å². The molecule has 0 saturated heterocycles. The zero-order valence-corrected chi connectivity index (χ0v) is 11.5. The molecular weight excluding hydrogens is 232 g/mol. The van der Waals surface area contributed by atoms with E-state index in [1.165, 1.54) is 0 Å². The molecule has 0 N–H and O–H groups in total. The van der Waals surface area contributed by atoms with Crippen LogP contribution in [-0.4, -0.2) is 12.0 Å². The molecule has 92 valence electrons. The molecule has 1 nitrogen and oxygen atoms in total. The van der Waals surface area contributed by atoms with Crippen molar-refractivity contribution in [3.8, 4) is 17.6 Å². The zero-order chi connectivity index (χ0) is 12.7. The summed E-state index contributed by atoms with van der Waals surface area (Å²) in [7, 11) is 0. The van der Waals surface area contributed by atoms with Crippen molar-refractivity contribution in [3.05, 3.63) is 29.3 Å².